The number of piperidine rings is 1. The molecule has 0 unspecified atom stereocenters. The maximum Gasteiger partial charge on any atom is 0.228 e. The minimum atomic E-state index is -0.571. The van der Waals surface area contributed by atoms with E-state index < -0.39 is 5.41 Å². The second-order valence-corrected chi connectivity index (χ2v) is 8.94. The summed E-state index contributed by atoms with van der Waals surface area (Å²) in [6.07, 6.45) is 6.89. The molecule has 1 aliphatic carbocycles. The summed E-state index contributed by atoms with van der Waals surface area (Å²) in [5, 5.41) is 3.05. The van der Waals surface area contributed by atoms with Gasteiger partial charge in [0.15, 0.2) is 0 Å². The van der Waals surface area contributed by atoms with Crippen LogP contribution in [0.25, 0.3) is 11.1 Å². The molecule has 2 heterocycles. The second-order valence-electron chi connectivity index (χ2n) is 8.94. The number of nitrogens with one attached hydrogen (secondary N) is 1. The van der Waals surface area contributed by atoms with Crippen LogP contribution in [0.4, 0.5) is 0 Å². The number of amides is 2. The van der Waals surface area contributed by atoms with Gasteiger partial charge in [0.1, 0.15) is 0 Å². The van der Waals surface area contributed by atoms with Crippen LogP contribution in [0.3, 0.4) is 0 Å². The smallest absolute Gasteiger partial charge is 0.228 e. The predicted molar refractivity (Wildman–Crippen MR) is 118 cm³/mol. The van der Waals surface area contributed by atoms with Gasteiger partial charge in [-0.1, -0.05) is 31.2 Å². The van der Waals surface area contributed by atoms with E-state index in [1.807, 2.05) is 30.0 Å². The van der Waals surface area contributed by atoms with Crippen molar-refractivity contribution in [2.24, 2.45) is 17.3 Å². The van der Waals surface area contributed by atoms with E-state index in [0.717, 1.165) is 42.5 Å². The lowest BCUT2D eigenvalue weighted by atomic mass is 9.74. The van der Waals surface area contributed by atoms with Crippen LogP contribution in [-0.2, 0) is 16.0 Å². The summed E-state index contributed by atoms with van der Waals surface area (Å²) in [5.74, 6) is 0.947. The molecule has 2 fully saturated rings. The van der Waals surface area contributed by atoms with Crippen LogP contribution >= 0.6 is 0 Å². The summed E-state index contributed by atoms with van der Waals surface area (Å²) < 4.78 is 0. The van der Waals surface area contributed by atoms with Gasteiger partial charge < -0.3 is 10.2 Å². The van der Waals surface area contributed by atoms with E-state index in [4.69, 9.17) is 0 Å². The summed E-state index contributed by atoms with van der Waals surface area (Å²) in [5.41, 5.74) is 2.79. The number of carbonyl (C=O) groups excluding carboxylic acids is 2. The fourth-order valence-electron chi connectivity index (χ4n) is 4.77. The van der Waals surface area contributed by atoms with Gasteiger partial charge in [0.05, 0.1) is 5.41 Å². The molecule has 4 rings (SSSR count). The van der Waals surface area contributed by atoms with Crippen molar-refractivity contribution >= 4 is 11.8 Å². The third-order valence-electron chi connectivity index (χ3n) is 6.62. The second kappa shape index (κ2) is 8.58. The first-order valence-electron chi connectivity index (χ1n) is 11.1. The average Bonchev–Trinajstić information content (AvgIpc) is 3.51. The summed E-state index contributed by atoms with van der Waals surface area (Å²) in [6.45, 7) is 5.97. The Morgan fingerprint density at radius 1 is 1.20 bits per heavy atom. The van der Waals surface area contributed by atoms with E-state index >= 15 is 0 Å². The third kappa shape index (κ3) is 4.25. The minimum Gasteiger partial charge on any atom is -0.356 e. The van der Waals surface area contributed by atoms with Crippen molar-refractivity contribution in [3.05, 3.63) is 54.4 Å². The summed E-state index contributed by atoms with van der Waals surface area (Å²) in [6, 6.07) is 12.4. The first-order valence-corrected chi connectivity index (χ1v) is 11.1. The van der Waals surface area contributed by atoms with Crippen molar-refractivity contribution < 1.29 is 9.59 Å². The van der Waals surface area contributed by atoms with Crippen molar-refractivity contribution in [2.75, 3.05) is 19.6 Å². The van der Waals surface area contributed by atoms with Gasteiger partial charge in [0.2, 0.25) is 11.8 Å². The molecule has 158 valence electrons. The molecule has 1 aliphatic heterocycles. The lowest BCUT2D eigenvalue weighted by Crippen LogP contribution is -2.54. The van der Waals surface area contributed by atoms with Crippen LogP contribution in [0.5, 0.6) is 0 Å². The molecule has 1 aromatic heterocycles. The number of aromatic nitrogens is 1. The van der Waals surface area contributed by atoms with Gasteiger partial charge in [0, 0.05) is 37.9 Å². The lowest BCUT2D eigenvalue weighted by molar-refractivity contribution is -0.142. The highest BCUT2D eigenvalue weighted by Crippen LogP contribution is 2.42. The van der Waals surface area contributed by atoms with Crippen molar-refractivity contribution in [3.63, 3.8) is 0 Å². The van der Waals surface area contributed by atoms with Gasteiger partial charge in [-0.3, -0.25) is 14.6 Å². The molecule has 2 aliphatic rings. The van der Waals surface area contributed by atoms with E-state index in [2.05, 4.69) is 35.4 Å². The van der Waals surface area contributed by atoms with Gasteiger partial charge in [-0.05, 0) is 67.3 Å². The molecule has 1 N–H and O–H groups in total. The van der Waals surface area contributed by atoms with Crippen LogP contribution in [0, 0.1) is 17.3 Å². The fourth-order valence-corrected chi connectivity index (χ4v) is 4.77. The number of nitrogens with zero attached hydrogens (tertiary/aromatic N) is 2. The highest BCUT2D eigenvalue weighted by Gasteiger charge is 2.47. The summed E-state index contributed by atoms with van der Waals surface area (Å²) in [4.78, 5) is 32.2. The lowest BCUT2D eigenvalue weighted by Gasteiger charge is -2.42. The molecule has 2 amide bonds. The molecule has 1 saturated heterocycles. The molecule has 0 bridgehead atoms. The number of rotatable bonds is 6. The Kier molecular flexibility index (Phi) is 5.89. The first-order chi connectivity index (χ1) is 14.5. The Morgan fingerprint density at radius 2 is 1.97 bits per heavy atom. The van der Waals surface area contributed by atoms with Crippen molar-refractivity contribution in [2.45, 2.75) is 39.5 Å². The van der Waals surface area contributed by atoms with Crippen molar-refractivity contribution in [1.29, 1.82) is 0 Å². The van der Waals surface area contributed by atoms with E-state index in [9.17, 15) is 9.59 Å². The zero-order valence-corrected chi connectivity index (χ0v) is 17.9. The molecule has 1 saturated carbocycles. The maximum atomic E-state index is 13.2. The number of benzene rings is 1. The molecule has 5 heteroatoms. The summed E-state index contributed by atoms with van der Waals surface area (Å²) >= 11 is 0. The zero-order valence-electron chi connectivity index (χ0n) is 17.9. The van der Waals surface area contributed by atoms with Crippen LogP contribution in [0.2, 0.25) is 0 Å². The SMILES string of the molecule is CCNC(=O)[C@]1(Cc2cccc(-c3ccncc3)c2)CCCN(C(=O)[C@@H]2C[C@H]2C)C1. The molecule has 2 aromatic rings. The van der Waals surface area contributed by atoms with E-state index in [1.54, 1.807) is 12.4 Å². The van der Waals surface area contributed by atoms with E-state index in [-0.39, 0.29) is 17.7 Å². The molecule has 0 spiro atoms. The van der Waals surface area contributed by atoms with Crippen molar-refractivity contribution in [1.82, 2.24) is 15.2 Å². The molecular weight excluding hydrogens is 374 g/mol. The first kappa shape index (κ1) is 20.6. The normalized spacial score (nSPS) is 25.6. The molecule has 1 aromatic carbocycles. The summed E-state index contributed by atoms with van der Waals surface area (Å²) in [7, 11) is 0. The van der Waals surface area contributed by atoms with Gasteiger partial charge in [-0.25, -0.2) is 0 Å². The minimum absolute atomic E-state index is 0.0701. The molecule has 3 atom stereocenters. The van der Waals surface area contributed by atoms with E-state index in [1.165, 1.54) is 0 Å². The largest absolute Gasteiger partial charge is 0.356 e. The van der Waals surface area contributed by atoms with E-state index in [0.29, 0.717) is 25.4 Å². The van der Waals surface area contributed by atoms with Gasteiger partial charge in [-0.15, -0.1) is 0 Å². The number of likely N-dealkylation sites (tertiary alicyclic amines) is 1. The number of hydrogen-bond donors (Lipinski definition) is 1. The van der Waals surface area contributed by atoms with Gasteiger partial charge >= 0.3 is 0 Å². The Hall–Kier alpha value is -2.69. The number of hydrogen-bond acceptors (Lipinski definition) is 3. The highest BCUT2D eigenvalue weighted by atomic mass is 16.2. The zero-order chi connectivity index (χ0) is 21.1. The topological polar surface area (TPSA) is 62.3 Å². The number of pyridine rings is 1. The quantitative estimate of drug-likeness (QED) is 0.797. The van der Waals surface area contributed by atoms with Crippen molar-refractivity contribution in [3.8, 4) is 11.1 Å². The molecular formula is C25H31N3O2. The standard InChI is InChI=1S/C25H31N3O2/c1-3-27-24(30)25(10-5-13-28(17-25)23(29)22-14-18(22)2)16-19-6-4-7-21(15-19)20-8-11-26-12-9-20/h4,6-9,11-12,15,18,22H,3,5,10,13-14,16-17H2,1-2H3,(H,27,30)/t18-,22-,25+/m1/s1. The van der Waals surface area contributed by atoms with Gasteiger partial charge in [0.25, 0.3) is 0 Å². The monoisotopic (exact) mass is 405 g/mol. The fraction of sp³-hybridized carbons (Fsp3) is 0.480. The Morgan fingerprint density at radius 3 is 2.67 bits per heavy atom. The molecule has 30 heavy (non-hydrogen) atoms. The Balaban J connectivity index is 1.60. The van der Waals surface area contributed by atoms with Gasteiger partial charge in [-0.2, -0.15) is 0 Å². The third-order valence-corrected chi connectivity index (χ3v) is 6.62. The van der Waals surface area contributed by atoms with Crippen LogP contribution in [0.1, 0.15) is 38.7 Å². The number of carbonyl (C=O) groups is 2. The Labute approximate surface area is 178 Å². The van der Waals surface area contributed by atoms with Crippen LogP contribution in [-0.4, -0.2) is 41.3 Å². The average molecular weight is 406 g/mol. The predicted octanol–water partition coefficient (Wildman–Crippen LogP) is 3.69. The highest BCUT2D eigenvalue weighted by molar-refractivity contribution is 5.86. The Bertz CT molecular complexity index is 914. The van der Waals surface area contributed by atoms with Crippen LogP contribution in [0.15, 0.2) is 48.8 Å². The molecule has 5 nitrogen and oxygen atoms in total. The van der Waals surface area contributed by atoms with Crippen LogP contribution < -0.4 is 5.32 Å². The molecule has 0 radical (unpaired) electrons. The maximum absolute atomic E-state index is 13.2.